The van der Waals surface area contributed by atoms with E-state index >= 15 is 0 Å². The number of amides is 1. The van der Waals surface area contributed by atoms with E-state index < -0.39 is 15.6 Å². The molecule has 172 valence electrons. The molecule has 4 rings (SSSR count). The number of rotatable bonds is 4. The second-order valence-corrected chi connectivity index (χ2v) is 11.6. The lowest BCUT2D eigenvalue weighted by atomic mass is 9.88. The van der Waals surface area contributed by atoms with Crippen molar-refractivity contribution in [3.63, 3.8) is 0 Å². The maximum atomic E-state index is 13.2. The average Bonchev–Trinajstić information content (AvgIpc) is 2.73. The Balaban J connectivity index is 1.50. The summed E-state index contributed by atoms with van der Waals surface area (Å²) < 4.78 is 33.8. The number of carbonyl (C=O) groups excluding carboxylic acids is 1. The molecule has 0 bridgehead atoms. The molecular weight excluding hydrogens is 424 g/mol. The summed E-state index contributed by atoms with van der Waals surface area (Å²) in [6.07, 6.45) is 2.00. The van der Waals surface area contributed by atoms with Crippen LogP contribution in [0.1, 0.15) is 55.8 Å². The van der Waals surface area contributed by atoms with E-state index in [1.54, 1.807) is 24.3 Å². The topological polar surface area (TPSA) is 75.7 Å². The van der Waals surface area contributed by atoms with Crippen molar-refractivity contribution in [1.29, 1.82) is 0 Å². The zero-order chi connectivity index (χ0) is 23.1. The van der Waals surface area contributed by atoms with E-state index in [1.807, 2.05) is 45.9 Å². The normalized spacial score (nSPS) is 23.1. The predicted octanol–water partition coefficient (Wildman–Crippen LogP) is 4.12. The first-order chi connectivity index (χ1) is 15.0. The molecule has 7 heteroatoms. The average molecular weight is 457 g/mol. The van der Waals surface area contributed by atoms with Gasteiger partial charge in [0, 0.05) is 25.1 Å². The predicted molar refractivity (Wildman–Crippen MR) is 124 cm³/mol. The molecular formula is C25H32N2O4S. The molecule has 1 N–H and O–H groups in total. The van der Waals surface area contributed by atoms with Gasteiger partial charge in [-0.2, -0.15) is 4.31 Å². The highest BCUT2D eigenvalue weighted by Crippen LogP contribution is 2.40. The van der Waals surface area contributed by atoms with Crippen LogP contribution in [0, 0.1) is 19.8 Å². The zero-order valence-corrected chi connectivity index (χ0v) is 20.0. The molecule has 2 heterocycles. The molecule has 6 nitrogen and oxygen atoms in total. The van der Waals surface area contributed by atoms with Gasteiger partial charge in [-0.25, -0.2) is 8.42 Å². The van der Waals surface area contributed by atoms with Crippen LogP contribution in [0.25, 0.3) is 0 Å². The monoisotopic (exact) mass is 456 g/mol. The molecule has 2 aliphatic heterocycles. The van der Waals surface area contributed by atoms with Crippen molar-refractivity contribution in [1.82, 2.24) is 9.62 Å². The lowest BCUT2D eigenvalue weighted by Gasteiger charge is -2.39. The Bertz CT molecular complexity index is 1110. The van der Waals surface area contributed by atoms with Gasteiger partial charge < -0.3 is 10.1 Å². The number of fused-ring (bicyclic) bond motifs is 1. The zero-order valence-electron chi connectivity index (χ0n) is 19.2. The van der Waals surface area contributed by atoms with E-state index in [-0.39, 0.29) is 29.3 Å². The Morgan fingerprint density at radius 2 is 1.78 bits per heavy atom. The second kappa shape index (κ2) is 8.52. The van der Waals surface area contributed by atoms with E-state index in [9.17, 15) is 13.2 Å². The molecule has 1 fully saturated rings. The van der Waals surface area contributed by atoms with E-state index in [0.29, 0.717) is 25.8 Å². The summed E-state index contributed by atoms with van der Waals surface area (Å²) in [6, 6.07) is 12.8. The van der Waals surface area contributed by atoms with Gasteiger partial charge in [0.2, 0.25) is 15.9 Å². The molecule has 0 radical (unpaired) electrons. The Morgan fingerprint density at radius 3 is 2.50 bits per heavy atom. The van der Waals surface area contributed by atoms with E-state index in [4.69, 9.17) is 4.74 Å². The quantitative estimate of drug-likeness (QED) is 0.751. The number of aryl methyl sites for hydroxylation is 2. The minimum atomic E-state index is -3.62. The Morgan fingerprint density at radius 1 is 1.09 bits per heavy atom. The Kier molecular flexibility index (Phi) is 6.07. The molecule has 2 aliphatic rings. The molecule has 0 unspecified atom stereocenters. The lowest BCUT2D eigenvalue weighted by Crippen LogP contribution is -2.48. The van der Waals surface area contributed by atoms with Crippen molar-refractivity contribution < 1.29 is 17.9 Å². The van der Waals surface area contributed by atoms with Gasteiger partial charge in [0.05, 0.1) is 16.9 Å². The highest BCUT2D eigenvalue weighted by atomic mass is 32.2. The number of nitrogens with zero attached hydrogens (tertiary/aromatic N) is 1. The maximum Gasteiger partial charge on any atom is 0.243 e. The van der Waals surface area contributed by atoms with Crippen LogP contribution in [0.2, 0.25) is 0 Å². The fourth-order valence-electron chi connectivity index (χ4n) is 4.61. The van der Waals surface area contributed by atoms with Crippen LogP contribution < -0.4 is 10.1 Å². The van der Waals surface area contributed by atoms with Crippen molar-refractivity contribution >= 4 is 15.9 Å². The number of ether oxygens (including phenoxy) is 1. The van der Waals surface area contributed by atoms with Crippen LogP contribution in [0.15, 0.2) is 47.4 Å². The highest BCUT2D eigenvalue weighted by molar-refractivity contribution is 7.89. The number of benzene rings is 2. The van der Waals surface area contributed by atoms with Crippen molar-refractivity contribution in [2.24, 2.45) is 5.92 Å². The molecule has 0 saturated carbocycles. The minimum absolute atomic E-state index is 0.0944. The van der Waals surface area contributed by atoms with Gasteiger partial charge in [-0.05, 0) is 64.3 Å². The molecule has 2 aromatic rings. The summed E-state index contributed by atoms with van der Waals surface area (Å²) in [6.45, 7) is 8.63. The number of carbonyl (C=O) groups is 1. The molecule has 0 aliphatic carbocycles. The Hall–Kier alpha value is -2.38. The van der Waals surface area contributed by atoms with Crippen LogP contribution in [0.5, 0.6) is 5.75 Å². The summed E-state index contributed by atoms with van der Waals surface area (Å²) in [7, 11) is -3.62. The van der Waals surface area contributed by atoms with Gasteiger partial charge in [0.15, 0.2) is 0 Å². The van der Waals surface area contributed by atoms with E-state index in [1.165, 1.54) is 4.31 Å². The molecule has 0 spiro atoms. The van der Waals surface area contributed by atoms with Gasteiger partial charge in [0.25, 0.3) is 0 Å². The number of piperidine rings is 1. The molecule has 1 amide bonds. The van der Waals surface area contributed by atoms with Crippen molar-refractivity contribution in [3.05, 3.63) is 59.2 Å². The smallest absolute Gasteiger partial charge is 0.243 e. The molecule has 0 aromatic heterocycles. The van der Waals surface area contributed by atoms with Crippen LogP contribution in [0.3, 0.4) is 0 Å². The third-order valence-corrected chi connectivity index (χ3v) is 8.24. The van der Waals surface area contributed by atoms with Crippen molar-refractivity contribution in [3.8, 4) is 5.75 Å². The lowest BCUT2D eigenvalue weighted by molar-refractivity contribution is -0.127. The standard InChI is InChI=1S/C25H32N2O4S/c1-17-7-10-20(11-8-17)32(29,30)27-13-5-6-19(16-27)24(28)26-22-15-25(3,4)31-23-14-18(2)9-12-21(22)23/h7-12,14,19,22H,5-6,13,15-16H2,1-4H3,(H,26,28)/t19-,22-/m0/s1. The number of sulfonamides is 1. The second-order valence-electron chi connectivity index (χ2n) is 9.68. The number of hydrogen-bond acceptors (Lipinski definition) is 4. The van der Waals surface area contributed by atoms with Crippen molar-refractivity contribution in [2.75, 3.05) is 13.1 Å². The molecule has 2 atom stereocenters. The summed E-state index contributed by atoms with van der Waals surface area (Å²) in [5.41, 5.74) is 2.69. The fourth-order valence-corrected chi connectivity index (χ4v) is 6.13. The molecule has 1 saturated heterocycles. The largest absolute Gasteiger partial charge is 0.487 e. The molecule has 2 aromatic carbocycles. The first-order valence-corrected chi connectivity index (χ1v) is 12.7. The van der Waals surface area contributed by atoms with E-state index in [0.717, 1.165) is 22.4 Å². The summed E-state index contributed by atoms with van der Waals surface area (Å²) in [4.78, 5) is 13.5. The first kappa shape index (κ1) is 22.8. The third-order valence-electron chi connectivity index (χ3n) is 6.36. The SMILES string of the molecule is Cc1ccc(S(=O)(=O)N2CCC[C@H](C(=O)N[C@H]3CC(C)(C)Oc4cc(C)ccc43)C2)cc1. The number of hydrogen-bond donors (Lipinski definition) is 1. The summed E-state index contributed by atoms with van der Waals surface area (Å²) in [5, 5.41) is 3.20. The van der Waals surface area contributed by atoms with Gasteiger partial charge in [0.1, 0.15) is 11.4 Å². The third kappa shape index (κ3) is 4.69. The van der Waals surface area contributed by atoms with E-state index in [2.05, 4.69) is 5.32 Å². The van der Waals surface area contributed by atoms with Crippen LogP contribution in [-0.2, 0) is 14.8 Å². The summed E-state index contributed by atoms with van der Waals surface area (Å²) in [5.74, 6) is 0.339. The van der Waals surface area contributed by atoms with Gasteiger partial charge >= 0.3 is 0 Å². The summed E-state index contributed by atoms with van der Waals surface area (Å²) >= 11 is 0. The first-order valence-electron chi connectivity index (χ1n) is 11.2. The van der Waals surface area contributed by atoms with Gasteiger partial charge in [-0.15, -0.1) is 0 Å². The Labute approximate surface area is 191 Å². The minimum Gasteiger partial charge on any atom is -0.487 e. The van der Waals surface area contributed by atoms with Crippen LogP contribution >= 0.6 is 0 Å². The van der Waals surface area contributed by atoms with Gasteiger partial charge in [-0.1, -0.05) is 29.8 Å². The van der Waals surface area contributed by atoms with Crippen molar-refractivity contribution in [2.45, 2.75) is 63.5 Å². The van der Waals surface area contributed by atoms with Gasteiger partial charge in [-0.3, -0.25) is 4.79 Å². The number of nitrogens with one attached hydrogen (secondary N) is 1. The maximum absolute atomic E-state index is 13.2. The fraction of sp³-hybridized carbons (Fsp3) is 0.480. The van der Waals surface area contributed by atoms with Crippen LogP contribution in [-0.4, -0.2) is 37.3 Å². The van der Waals surface area contributed by atoms with Crippen LogP contribution in [0.4, 0.5) is 0 Å². The highest BCUT2D eigenvalue weighted by Gasteiger charge is 2.38. The molecule has 32 heavy (non-hydrogen) atoms.